The molecule has 0 aromatic heterocycles. The van der Waals surface area contributed by atoms with Gasteiger partial charge in [0.05, 0.1) is 7.11 Å². The van der Waals surface area contributed by atoms with Gasteiger partial charge in [0.15, 0.2) is 11.5 Å². The predicted octanol–water partition coefficient (Wildman–Crippen LogP) is 4.30. The Morgan fingerprint density at radius 1 is 1.07 bits per heavy atom. The zero-order valence-electron chi connectivity index (χ0n) is 16.1. The van der Waals surface area contributed by atoms with Crippen molar-refractivity contribution >= 4 is 17.5 Å². The molecule has 0 saturated carbocycles. The van der Waals surface area contributed by atoms with Crippen molar-refractivity contribution in [3.63, 3.8) is 0 Å². The minimum Gasteiger partial charge on any atom is -0.493 e. The van der Waals surface area contributed by atoms with Crippen molar-refractivity contribution in [1.82, 2.24) is 9.80 Å². The van der Waals surface area contributed by atoms with Gasteiger partial charge < -0.3 is 14.4 Å². The van der Waals surface area contributed by atoms with Gasteiger partial charge in [0.2, 0.25) is 0 Å². The normalized spacial score (nSPS) is 15.3. The largest absolute Gasteiger partial charge is 0.493 e. The van der Waals surface area contributed by atoms with E-state index in [-0.39, 0.29) is 17.4 Å². The summed E-state index contributed by atoms with van der Waals surface area (Å²) in [4.78, 5) is 17.0. The Kier molecular flexibility index (Phi) is 7.28. The van der Waals surface area contributed by atoms with Crippen molar-refractivity contribution in [3.8, 4) is 11.5 Å². The first-order valence-electron chi connectivity index (χ1n) is 9.35. The number of hydrogen-bond donors (Lipinski definition) is 0. The first-order valence-corrected chi connectivity index (χ1v) is 9.73. The Hall–Kier alpha value is -2.38. The summed E-state index contributed by atoms with van der Waals surface area (Å²) in [6, 6.07) is 12.0. The highest BCUT2D eigenvalue weighted by Gasteiger charge is 2.22. The average Bonchev–Trinajstić information content (AvgIpc) is 2.94. The molecule has 0 radical (unpaired) electrons. The highest BCUT2D eigenvalue weighted by molar-refractivity contribution is 6.30. The van der Waals surface area contributed by atoms with E-state index in [1.54, 1.807) is 4.90 Å². The maximum absolute atomic E-state index is 12.9. The lowest BCUT2D eigenvalue weighted by atomic mass is 10.1. The van der Waals surface area contributed by atoms with E-state index < -0.39 is 6.61 Å². The van der Waals surface area contributed by atoms with E-state index in [4.69, 9.17) is 16.3 Å². The van der Waals surface area contributed by atoms with Crippen molar-refractivity contribution in [1.29, 1.82) is 0 Å². The second-order valence-corrected chi connectivity index (χ2v) is 7.23. The number of hydrogen-bond acceptors (Lipinski definition) is 4. The number of rotatable bonds is 6. The van der Waals surface area contributed by atoms with Gasteiger partial charge in [-0.05, 0) is 42.3 Å². The minimum atomic E-state index is -2.96. The Balaban J connectivity index is 1.63. The zero-order chi connectivity index (χ0) is 20.8. The van der Waals surface area contributed by atoms with Gasteiger partial charge in [-0.25, -0.2) is 0 Å². The van der Waals surface area contributed by atoms with Crippen molar-refractivity contribution in [2.24, 2.45) is 0 Å². The van der Waals surface area contributed by atoms with Gasteiger partial charge in [-0.2, -0.15) is 8.78 Å². The topological polar surface area (TPSA) is 42.0 Å². The van der Waals surface area contributed by atoms with Crippen LogP contribution in [0.4, 0.5) is 8.78 Å². The van der Waals surface area contributed by atoms with Crippen LogP contribution in [0.25, 0.3) is 0 Å². The molecule has 2 aromatic rings. The van der Waals surface area contributed by atoms with Crippen LogP contribution in [0, 0.1) is 0 Å². The third kappa shape index (κ3) is 5.81. The Morgan fingerprint density at radius 2 is 1.83 bits per heavy atom. The first kappa shape index (κ1) is 21.3. The molecule has 0 unspecified atom stereocenters. The highest BCUT2D eigenvalue weighted by Crippen LogP contribution is 2.30. The fourth-order valence-electron chi connectivity index (χ4n) is 3.36. The molecule has 0 spiro atoms. The number of carbonyl (C=O) groups is 1. The predicted molar refractivity (Wildman–Crippen MR) is 107 cm³/mol. The first-order chi connectivity index (χ1) is 14.0. The third-order valence-corrected chi connectivity index (χ3v) is 5.07. The zero-order valence-corrected chi connectivity index (χ0v) is 16.9. The SMILES string of the molecule is COc1cc(C(=O)N2CCCN(Cc3ccc(Cl)cc3)CC2)ccc1OC(F)F. The lowest BCUT2D eigenvalue weighted by Gasteiger charge is -2.22. The van der Waals surface area contributed by atoms with E-state index in [0.717, 1.165) is 26.1 Å². The summed E-state index contributed by atoms with van der Waals surface area (Å²) in [5, 5.41) is 0.710. The number of amides is 1. The molecule has 0 N–H and O–H groups in total. The lowest BCUT2D eigenvalue weighted by Crippen LogP contribution is -2.35. The van der Waals surface area contributed by atoms with Gasteiger partial charge in [-0.3, -0.25) is 9.69 Å². The molecule has 1 heterocycles. The minimum absolute atomic E-state index is 0.0935. The van der Waals surface area contributed by atoms with Crippen molar-refractivity contribution in [2.75, 3.05) is 33.3 Å². The lowest BCUT2D eigenvalue weighted by molar-refractivity contribution is -0.0512. The van der Waals surface area contributed by atoms with E-state index in [1.807, 2.05) is 24.3 Å². The smallest absolute Gasteiger partial charge is 0.387 e. The summed E-state index contributed by atoms with van der Waals surface area (Å²) < 4.78 is 34.5. The maximum Gasteiger partial charge on any atom is 0.387 e. The van der Waals surface area contributed by atoms with Gasteiger partial charge in [0.1, 0.15) is 0 Å². The molecule has 1 amide bonds. The number of carbonyl (C=O) groups excluding carboxylic acids is 1. The average molecular weight is 425 g/mol. The molecule has 156 valence electrons. The van der Waals surface area contributed by atoms with Crippen LogP contribution < -0.4 is 9.47 Å². The molecule has 3 rings (SSSR count). The fourth-order valence-corrected chi connectivity index (χ4v) is 3.48. The van der Waals surface area contributed by atoms with Gasteiger partial charge in [-0.15, -0.1) is 0 Å². The van der Waals surface area contributed by atoms with Gasteiger partial charge in [-0.1, -0.05) is 23.7 Å². The standard InChI is InChI=1S/C21H23ClF2N2O3/c1-28-19-13-16(5-8-18(19)29-21(23)24)20(27)26-10-2-9-25(11-12-26)14-15-3-6-17(22)7-4-15/h3-8,13,21H,2,9-12,14H2,1H3. The van der Waals surface area contributed by atoms with Crippen molar-refractivity contribution in [3.05, 3.63) is 58.6 Å². The van der Waals surface area contributed by atoms with Crippen LogP contribution in [-0.4, -0.2) is 55.6 Å². The summed E-state index contributed by atoms with van der Waals surface area (Å²) in [7, 11) is 1.35. The molecule has 8 heteroatoms. The summed E-state index contributed by atoms with van der Waals surface area (Å²) in [6.07, 6.45) is 0.850. The molecular weight excluding hydrogens is 402 g/mol. The number of methoxy groups -OCH3 is 1. The van der Waals surface area contributed by atoms with Crippen LogP contribution in [0.3, 0.4) is 0 Å². The number of nitrogens with zero attached hydrogens (tertiary/aromatic N) is 2. The highest BCUT2D eigenvalue weighted by atomic mass is 35.5. The molecule has 29 heavy (non-hydrogen) atoms. The Bertz CT molecular complexity index is 833. The monoisotopic (exact) mass is 424 g/mol. The summed E-state index contributed by atoms with van der Waals surface area (Å²) in [5.41, 5.74) is 1.56. The summed E-state index contributed by atoms with van der Waals surface area (Å²) in [5.74, 6) is -0.139. The van der Waals surface area contributed by atoms with E-state index in [2.05, 4.69) is 9.64 Å². The number of benzene rings is 2. The molecule has 5 nitrogen and oxygen atoms in total. The van der Waals surface area contributed by atoms with Gasteiger partial charge in [0.25, 0.3) is 5.91 Å². The quantitative estimate of drug-likeness (QED) is 0.693. The molecule has 1 fully saturated rings. The van der Waals surface area contributed by atoms with Crippen LogP contribution in [0.15, 0.2) is 42.5 Å². The van der Waals surface area contributed by atoms with Crippen LogP contribution in [-0.2, 0) is 6.54 Å². The maximum atomic E-state index is 12.9. The van der Waals surface area contributed by atoms with E-state index in [0.29, 0.717) is 23.7 Å². The van der Waals surface area contributed by atoms with E-state index >= 15 is 0 Å². The van der Waals surface area contributed by atoms with Crippen LogP contribution >= 0.6 is 11.6 Å². The summed E-state index contributed by atoms with van der Waals surface area (Å²) >= 11 is 5.94. The second kappa shape index (κ2) is 9.89. The molecule has 0 bridgehead atoms. The van der Waals surface area contributed by atoms with Gasteiger partial charge in [0, 0.05) is 43.3 Å². The Labute approximate surface area is 173 Å². The van der Waals surface area contributed by atoms with Crippen molar-refractivity contribution in [2.45, 2.75) is 19.6 Å². The molecule has 1 aliphatic heterocycles. The van der Waals surface area contributed by atoms with Gasteiger partial charge >= 0.3 is 6.61 Å². The van der Waals surface area contributed by atoms with E-state index in [9.17, 15) is 13.6 Å². The van der Waals surface area contributed by atoms with Crippen LogP contribution in [0.1, 0.15) is 22.3 Å². The van der Waals surface area contributed by atoms with Crippen LogP contribution in [0.2, 0.25) is 5.02 Å². The molecule has 2 aromatic carbocycles. The molecule has 0 atom stereocenters. The fraction of sp³-hybridized carbons (Fsp3) is 0.381. The number of ether oxygens (including phenoxy) is 2. The van der Waals surface area contributed by atoms with E-state index in [1.165, 1.54) is 30.9 Å². The molecule has 1 saturated heterocycles. The second-order valence-electron chi connectivity index (χ2n) is 6.79. The van der Waals surface area contributed by atoms with Crippen LogP contribution in [0.5, 0.6) is 11.5 Å². The molecular formula is C21H23ClF2N2O3. The summed E-state index contributed by atoms with van der Waals surface area (Å²) in [6.45, 7) is 0.696. The molecule has 1 aliphatic rings. The third-order valence-electron chi connectivity index (χ3n) is 4.82. The Morgan fingerprint density at radius 3 is 2.52 bits per heavy atom. The van der Waals surface area contributed by atoms with Crippen molar-refractivity contribution < 1.29 is 23.0 Å². The number of halogens is 3. The number of alkyl halides is 2. The molecule has 0 aliphatic carbocycles.